The molecule has 4 N–H and O–H groups in total. The van der Waals surface area contributed by atoms with Gasteiger partial charge in [0, 0.05) is 43.0 Å². The van der Waals surface area contributed by atoms with E-state index in [1.165, 1.54) is 7.11 Å². The Morgan fingerprint density at radius 1 is 1.00 bits per heavy atom. The third-order valence-electron chi connectivity index (χ3n) is 7.30. The summed E-state index contributed by atoms with van der Waals surface area (Å²) in [5, 5.41) is 12.0. The van der Waals surface area contributed by atoms with E-state index >= 15 is 0 Å². The first-order chi connectivity index (χ1) is 20.3. The van der Waals surface area contributed by atoms with Crippen molar-refractivity contribution >= 4 is 46.3 Å². The van der Waals surface area contributed by atoms with E-state index < -0.39 is 5.97 Å². The number of hydrogen-bond acceptors (Lipinski definition) is 7. The van der Waals surface area contributed by atoms with Crippen LogP contribution in [0.15, 0.2) is 66.7 Å². The summed E-state index contributed by atoms with van der Waals surface area (Å²) >= 11 is 0. The molecule has 42 heavy (non-hydrogen) atoms. The van der Waals surface area contributed by atoms with Gasteiger partial charge in [-0.05, 0) is 60.9 Å². The van der Waals surface area contributed by atoms with Crippen LogP contribution in [-0.4, -0.2) is 68.4 Å². The zero-order valence-electron chi connectivity index (χ0n) is 23.6. The number of hydrogen-bond donors (Lipinski definition) is 4. The second kappa shape index (κ2) is 12.7. The van der Waals surface area contributed by atoms with Crippen molar-refractivity contribution in [2.75, 3.05) is 50.5 Å². The van der Waals surface area contributed by atoms with Gasteiger partial charge in [-0.15, -0.1) is 0 Å². The molecule has 0 atom stereocenters. The number of benzene rings is 3. The summed E-state index contributed by atoms with van der Waals surface area (Å²) in [6.45, 7) is 4.65. The van der Waals surface area contributed by atoms with Gasteiger partial charge in [-0.1, -0.05) is 30.3 Å². The average Bonchev–Trinajstić information content (AvgIpc) is 3.15. The van der Waals surface area contributed by atoms with Crippen LogP contribution < -0.4 is 21.3 Å². The van der Waals surface area contributed by atoms with Crippen molar-refractivity contribution in [3.63, 3.8) is 0 Å². The normalized spacial score (nSPS) is 16.0. The number of carbonyl (C=O) groups is 4. The quantitative estimate of drug-likeness (QED) is 0.243. The molecule has 5 rings (SSSR count). The number of anilines is 2. The fourth-order valence-electron chi connectivity index (χ4n) is 5.13. The van der Waals surface area contributed by atoms with Crippen LogP contribution in [0.25, 0.3) is 11.3 Å². The zero-order valence-corrected chi connectivity index (χ0v) is 23.6. The molecule has 3 aromatic carbocycles. The lowest BCUT2D eigenvalue weighted by atomic mass is 9.96. The van der Waals surface area contributed by atoms with Crippen LogP contribution in [0.4, 0.5) is 11.4 Å². The molecule has 0 aliphatic carbocycles. The maximum Gasteiger partial charge on any atom is 0.338 e. The van der Waals surface area contributed by atoms with E-state index in [1.807, 2.05) is 41.3 Å². The van der Waals surface area contributed by atoms with E-state index in [9.17, 15) is 19.2 Å². The number of esters is 1. The number of ether oxygens (including phenoxy) is 1. The summed E-state index contributed by atoms with van der Waals surface area (Å²) in [6.07, 6.45) is 0.886. The molecule has 0 unspecified atom stereocenters. The van der Waals surface area contributed by atoms with Crippen molar-refractivity contribution in [2.45, 2.75) is 13.3 Å². The van der Waals surface area contributed by atoms with E-state index in [2.05, 4.69) is 21.3 Å². The van der Waals surface area contributed by atoms with Gasteiger partial charge >= 0.3 is 5.97 Å². The number of amides is 3. The first-order valence-corrected chi connectivity index (χ1v) is 13.8. The Balaban J connectivity index is 1.36. The van der Waals surface area contributed by atoms with E-state index in [4.69, 9.17) is 4.74 Å². The smallest absolute Gasteiger partial charge is 0.338 e. The predicted octanol–water partition coefficient (Wildman–Crippen LogP) is 3.27. The molecule has 0 saturated carbocycles. The molecule has 1 fully saturated rings. The second-order valence-corrected chi connectivity index (χ2v) is 10.2. The molecule has 0 radical (unpaired) electrons. The predicted molar refractivity (Wildman–Crippen MR) is 161 cm³/mol. The average molecular weight is 568 g/mol. The molecule has 10 heteroatoms. The van der Waals surface area contributed by atoms with Crippen molar-refractivity contribution in [2.24, 2.45) is 0 Å². The van der Waals surface area contributed by atoms with E-state index in [0.29, 0.717) is 71.1 Å². The molecular weight excluding hydrogens is 534 g/mol. The minimum Gasteiger partial charge on any atom is -0.465 e. The highest BCUT2D eigenvalue weighted by molar-refractivity contribution is 6.37. The molecule has 2 aliphatic heterocycles. The fourth-order valence-corrected chi connectivity index (χ4v) is 5.13. The Labute approximate surface area is 244 Å². The fraction of sp³-hybridized carbons (Fsp3) is 0.250. The lowest BCUT2D eigenvalue weighted by Crippen LogP contribution is -2.38. The van der Waals surface area contributed by atoms with Crippen LogP contribution in [0.5, 0.6) is 0 Å². The molecular formula is C32H33N5O5. The summed E-state index contributed by atoms with van der Waals surface area (Å²) in [5.41, 5.74) is 5.31. The van der Waals surface area contributed by atoms with Crippen molar-refractivity contribution in [3.8, 4) is 0 Å². The Morgan fingerprint density at radius 3 is 2.50 bits per heavy atom. The largest absolute Gasteiger partial charge is 0.465 e. The zero-order chi connectivity index (χ0) is 29.6. The van der Waals surface area contributed by atoms with E-state index in [1.54, 1.807) is 37.3 Å². The number of aryl methyl sites for hydroxylation is 1. The molecule has 0 spiro atoms. The highest BCUT2D eigenvalue weighted by Crippen LogP contribution is 2.39. The van der Waals surface area contributed by atoms with Crippen molar-refractivity contribution in [1.29, 1.82) is 0 Å². The van der Waals surface area contributed by atoms with Gasteiger partial charge in [-0.3, -0.25) is 19.3 Å². The third kappa shape index (κ3) is 6.34. The van der Waals surface area contributed by atoms with Crippen LogP contribution in [0, 0.1) is 6.92 Å². The Morgan fingerprint density at radius 2 is 1.76 bits per heavy atom. The van der Waals surface area contributed by atoms with Gasteiger partial charge in [-0.2, -0.15) is 0 Å². The van der Waals surface area contributed by atoms with Crippen molar-refractivity contribution < 1.29 is 23.9 Å². The van der Waals surface area contributed by atoms with Gasteiger partial charge in [0.15, 0.2) is 0 Å². The first-order valence-electron chi connectivity index (χ1n) is 13.8. The van der Waals surface area contributed by atoms with Crippen LogP contribution >= 0.6 is 0 Å². The van der Waals surface area contributed by atoms with Crippen LogP contribution in [0.3, 0.4) is 0 Å². The lowest BCUT2D eigenvalue weighted by molar-refractivity contribution is -0.121. The minimum atomic E-state index is -0.471. The monoisotopic (exact) mass is 567 g/mol. The molecule has 0 bridgehead atoms. The number of nitrogens with one attached hydrogen (secondary N) is 4. The van der Waals surface area contributed by atoms with Crippen LogP contribution in [0.2, 0.25) is 0 Å². The van der Waals surface area contributed by atoms with E-state index in [-0.39, 0.29) is 17.7 Å². The number of fused-ring (bicyclic) bond motifs is 1. The molecule has 2 aliphatic rings. The summed E-state index contributed by atoms with van der Waals surface area (Å²) in [4.78, 5) is 52.1. The first kappa shape index (κ1) is 28.6. The maximum atomic E-state index is 13.3. The SMILES string of the molecule is COC(=O)c1cc2c(cc1C)/C(=C(/Nc1ccc(C(=O)NCCN3CCCNC(=O)C3)cc1)c1ccccc1)C(=O)N2. The lowest BCUT2D eigenvalue weighted by Gasteiger charge is -2.18. The summed E-state index contributed by atoms with van der Waals surface area (Å²) in [5.74, 6) is -0.965. The Kier molecular flexibility index (Phi) is 8.63. The van der Waals surface area contributed by atoms with Gasteiger partial charge in [0.05, 0.1) is 36.2 Å². The number of carbonyl (C=O) groups excluding carboxylic acids is 4. The van der Waals surface area contributed by atoms with Crippen molar-refractivity contribution in [3.05, 3.63) is 94.5 Å². The maximum absolute atomic E-state index is 13.3. The number of methoxy groups -OCH3 is 1. The molecule has 3 amide bonds. The minimum absolute atomic E-state index is 0.00593. The number of nitrogens with zero attached hydrogens (tertiary/aromatic N) is 1. The van der Waals surface area contributed by atoms with Gasteiger partial charge in [0.1, 0.15) is 0 Å². The van der Waals surface area contributed by atoms with Crippen molar-refractivity contribution in [1.82, 2.24) is 15.5 Å². The molecule has 10 nitrogen and oxygen atoms in total. The molecule has 0 aromatic heterocycles. The highest BCUT2D eigenvalue weighted by atomic mass is 16.5. The Hall–Kier alpha value is -4.96. The summed E-state index contributed by atoms with van der Waals surface area (Å²) in [7, 11) is 1.32. The van der Waals surface area contributed by atoms with Crippen LogP contribution in [0.1, 0.15) is 43.8 Å². The van der Waals surface area contributed by atoms with Gasteiger partial charge in [0.2, 0.25) is 5.91 Å². The van der Waals surface area contributed by atoms with Gasteiger partial charge in [-0.25, -0.2) is 4.79 Å². The topological polar surface area (TPSA) is 129 Å². The standard InChI is InChI=1S/C32H33N5O5/c1-20-17-25-26(18-24(20)32(41)42-2)36-31(40)28(25)29(21-7-4-3-5-8-21)35-23-11-9-22(10-12-23)30(39)34-14-16-37-15-6-13-33-27(38)19-37/h3-5,7-12,17-18,35H,6,13-16,19H2,1-2H3,(H,33,38)(H,34,39)(H,36,40)/b29-28-. The summed E-state index contributed by atoms with van der Waals surface area (Å²) in [6, 6.07) is 20.0. The highest BCUT2D eigenvalue weighted by Gasteiger charge is 2.30. The summed E-state index contributed by atoms with van der Waals surface area (Å²) < 4.78 is 4.89. The molecule has 3 aromatic rings. The second-order valence-electron chi connectivity index (χ2n) is 10.2. The Bertz CT molecular complexity index is 1550. The third-order valence-corrected chi connectivity index (χ3v) is 7.30. The molecule has 216 valence electrons. The van der Waals surface area contributed by atoms with E-state index in [0.717, 1.165) is 18.5 Å². The van der Waals surface area contributed by atoms with Gasteiger partial charge in [0.25, 0.3) is 11.8 Å². The van der Waals surface area contributed by atoms with Crippen LogP contribution in [-0.2, 0) is 14.3 Å². The number of rotatable bonds is 8. The molecule has 1 saturated heterocycles. The molecule has 2 heterocycles. The van der Waals surface area contributed by atoms with Gasteiger partial charge < -0.3 is 26.0 Å².